The van der Waals surface area contributed by atoms with Crippen molar-refractivity contribution in [3.8, 4) is 11.3 Å². The first-order valence-electron chi connectivity index (χ1n) is 6.78. The number of hydrogen-bond donors (Lipinski definition) is 1. The number of aromatic nitrogens is 4. The van der Waals surface area contributed by atoms with Crippen molar-refractivity contribution < 1.29 is 0 Å². The molecule has 2 aromatic heterocycles. The van der Waals surface area contributed by atoms with E-state index >= 15 is 0 Å². The van der Waals surface area contributed by atoms with Gasteiger partial charge in [0, 0.05) is 30.3 Å². The molecule has 0 aliphatic rings. The van der Waals surface area contributed by atoms with Crippen molar-refractivity contribution in [1.82, 2.24) is 19.3 Å². The average molecular weight is 261 g/mol. The summed E-state index contributed by atoms with van der Waals surface area (Å²) in [7, 11) is 0. The van der Waals surface area contributed by atoms with Crippen LogP contribution in [0.3, 0.4) is 0 Å². The summed E-state index contributed by atoms with van der Waals surface area (Å²) in [5, 5.41) is 4.29. The maximum atomic E-state index is 6.31. The molecule has 19 heavy (non-hydrogen) atoms. The van der Waals surface area contributed by atoms with Gasteiger partial charge in [0.15, 0.2) is 0 Å². The highest BCUT2D eigenvalue weighted by atomic mass is 15.3. The second kappa shape index (κ2) is 4.72. The van der Waals surface area contributed by atoms with Gasteiger partial charge in [-0.1, -0.05) is 6.92 Å². The van der Waals surface area contributed by atoms with Gasteiger partial charge in [0.1, 0.15) is 17.3 Å². The van der Waals surface area contributed by atoms with E-state index in [0.717, 1.165) is 35.9 Å². The molecule has 0 aliphatic carbocycles. The number of anilines is 1. The van der Waals surface area contributed by atoms with Gasteiger partial charge in [-0.25, -0.2) is 4.98 Å². The highest BCUT2D eigenvalue weighted by molar-refractivity contribution is 5.70. The normalized spacial score (nSPS) is 12.1. The van der Waals surface area contributed by atoms with Crippen LogP contribution in [0.1, 0.15) is 40.4 Å². The lowest BCUT2D eigenvalue weighted by Gasteiger charge is -2.24. The summed E-state index contributed by atoms with van der Waals surface area (Å²) in [6.07, 6.45) is 4.68. The van der Waals surface area contributed by atoms with E-state index in [9.17, 15) is 0 Å². The molecule has 0 aromatic carbocycles. The Morgan fingerprint density at radius 2 is 1.95 bits per heavy atom. The molecule has 5 nitrogen and oxygen atoms in total. The quantitative estimate of drug-likeness (QED) is 0.924. The molecule has 0 saturated heterocycles. The maximum Gasteiger partial charge on any atom is 0.132 e. The number of rotatable bonds is 3. The summed E-state index contributed by atoms with van der Waals surface area (Å²) in [5.74, 6) is 1.74. The topological polar surface area (TPSA) is 61.7 Å². The van der Waals surface area contributed by atoms with Gasteiger partial charge in [-0.15, -0.1) is 0 Å². The van der Waals surface area contributed by atoms with E-state index in [4.69, 9.17) is 10.7 Å². The monoisotopic (exact) mass is 261 g/mol. The highest BCUT2D eigenvalue weighted by Crippen LogP contribution is 2.31. The second-order valence-electron chi connectivity index (χ2n) is 5.71. The zero-order valence-corrected chi connectivity index (χ0v) is 12.4. The summed E-state index contributed by atoms with van der Waals surface area (Å²) < 4.78 is 4.00. The predicted molar refractivity (Wildman–Crippen MR) is 77.9 cm³/mol. The predicted octanol–water partition coefficient (Wildman–Crippen LogP) is 2.67. The Balaban J connectivity index is 2.56. The van der Waals surface area contributed by atoms with Crippen molar-refractivity contribution in [1.29, 1.82) is 0 Å². The van der Waals surface area contributed by atoms with Crippen molar-refractivity contribution in [2.24, 2.45) is 0 Å². The van der Waals surface area contributed by atoms with Crippen molar-refractivity contribution in [2.75, 3.05) is 5.73 Å². The summed E-state index contributed by atoms with van der Waals surface area (Å²) in [6, 6.07) is 0. The van der Waals surface area contributed by atoms with Gasteiger partial charge in [0.05, 0.1) is 6.20 Å². The van der Waals surface area contributed by atoms with Crippen LogP contribution in [0.2, 0.25) is 0 Å². The van der Waals surface area contributed by atoms with Crippen molar-refractivity contribution in [3.05, 3.63) is 18.2 Å². The molecule has 0 bridgehead atoms. The molecule has 0 aliphatic heterocycles. The molecular weight excluding hydrogens is 238 g/mol. The first-order chi connectivity index (χ1) is 8.88. The Bertz CT molecular complexity index is 571. The molecule has 0 radical (unpaired) electrons. The summed E-state index contributed by atoms with van der Waals surface area (Å²) in [5.41, 5.74) is 8.07. The van der Waals surface area contributed by atoms with Gasteiger partial charge in [0.2, 0.25) is 0 Å². The molecule has 2 aromatic rings. The molecule has 0 saturated carbocycles. The summed E-state index contributed by atoms with van der Waals surface area (Å²) in [4.78, 5) is 4.70. The molecule has 0 unspecified atom stereocenters. The van der Waals surface area contributed by atoms with Gasteiger partial charge in [-0.3, -0.25) is 4.68 Å². The standard InChI is InChI=1S/C14H23N5/c1-6-11-17-12(10-8-16-18(7-2)9-10)13(15)19(11)14(3,4)5/h8-9H,6-7,15H2,1-5H3. The van der Waals surface area contributed by atoms with E-state index in [-0.39, 0.29) is 5.54 Å². The first kappa shape index (κ1) is 13.6. The Morgan fingerprint density at radius 1 is 1.26 bits per heavy atom. The van der Waals surface area contributed by atoms with E-state index in [1.54, 1.807) is 0 Å². The molecule has 2 rings (SSSR count). The summed E-state index contributed by atoms with van der Waals surface area (Å²) in [6.45, 7) is 11.4. The molecule has 0 atom stereocenters. The SMILES string of the molecule is CCc1nc(-c2cnn(CC)c2)c(N)n1C(C)(C)C. The Hall–Kier alpha value is -1.78. The Morgan fingerprint density at radius 3 is 2.37 bits per heavy atom. The minimum atomic E-state index is -0.0680. The number of aryl methyl sites for hydroxylation is 2. The fraction of sp³-hybridized carbons (Fsp3) is 0.571. The molecular formula is C14H23N5. The number of imidazole rings is 1. The fourth-order valence-corrected chi connectivity index (χ4v) is 2.34. The zero-order chi connectivity index (χ0) is 14.2. The van der Waals surface area contributed by atoms with Crippen LogP contribution >= 0.6 is 0 Å². The minimum absolute atomic E-state index is 0.0680. The molecule has 5 heteroatoms. The van der Waals surface area contributed by atoms with E-state index in [2.05, 4.69) is 44.3 Å². The lowest BCUT2D eigenvalue weighted by Crippen LogP contribution is -2.25. The van der Waals surface area contributed by atoms with Crippen LogP contribution in [-0.4, -0.2) is 19.3 Å². The van der Waals surface area contributed by atoms with Crippen LogP contribution in [0.15, 0.2) is 12.4 Å². The first-order valence-corrected chi connectivity index (χ1v) is 6.78. The van der Waals surface area contributed by atoms with Gasteiger partial charge in [-0.2, -0.15) is 5.10 Å². The van der Waals surface area contributed by atoms with Crippen molar-refractivity contribution in [2.45, 2.75) is 53.1 Å². The molecule has 0 fully saturated rings. The third-order valence-electron chi connectivity index (χ3n) is 3.20. The average Bonchev–Trinajstić information content (AvgIpc) is 2.91. The lowest BCUT2D eigenvalue weighted by molar-refractivity contribution is 0.389. The maximum absolute atomic E-state index is 6.31. The Kier molecular flexibility index (Phi) is 3.39. The highest BCUT2D eigenvalue weighted by Gasteiger charge is 2.24. The van der Waals surface area contributed by atoms with Gasteiger partial charge >= 0.3 is 0 Å². The Labute approximate surface area is 114 Å². The van der Waals surface area contributed by atoms with Gasteiger partial charge < -0.3 is 10.3 Å². The van der Waals surface area contributed by atoms with E-state index in [1.807, 2.05) is 17.1 Å². The van der Waals surface area contributed by atoms with Crippen LogP contribution in [0, 0.1) is 0 Å². The van der Waals surface area contributed by atoms with E-state index in [1.165, 1.54) is 0 Å². The number of nitrogen functional groups attached to an aromatic ring is 1. The molecule has 2 heterocycles. The zero-order valence-electron chi connectivity index (χ0n) is 12.4. The lowest BCUT2D eigenvalue weighted by atomic mass is 10.1. The third kappa shape index (κ3) is 2.37. The number of hydrogen-bond acceptors (Lipinski definition) is 3. The number of nitrogens with two attached hydrogens (primary N) is 1. The molecule has 0 amide bonds. The van der Waals surface area contributed by atoms with E-state index < -0.39 is 0 Å². The largest absolute Gasteiger partial charge is 0.383 e. The van der Waals surface area contributed by atoms with Crippen LogP contribution in [-0.2, 0) is 18.5 Å². The molecule has 2 N–H and O–H groups in total. The smallest absolute Gasteiger partial charge is 0.132 e. The summed E-state index contributed by atoms with van der Waals surface area (Å²) >= 11 is 0. The van der Waals surface area contributed by atoms with Crippen LogP contribution in [0.25, 0.3) is 11.3 Å². The fourth-order valence-electron chi connectivity index (χ4n) is 2.34. The minimum Gasteiger partial charge on any atom is -0.383 e. The van der Waals surface area contributed by atoms with Crippen LogP contribution in [0.5, 0.6) is 0 Å². The van der Waals surface area contributed by atoms with Gasteiger partial charge in [-0.05, 0) is 27.7 Å². The van der Waals surface area contributed by atoms with Crippen LogP contribution in [0.4, 0.5) is 5.82 Å². The van der Waals surface area contributed by atoms with Crippen molar-refractivity contribution in [3.63, 3.8) is 0 Å². The van der Waals surface area contributed by atoms with Crippen LogP contribution < -0.4 is 5.73 Å². The van der Waals surface area contributed by atoms with E-state index in [0.29, 0.717) is 0 Å². The molecule has 104 valence electrons. The van der Waals surface area contributed by atoms with Crippen molar-refractivity contribution >= 4 is 5.82 Å². The molecule has 0 spiro atoms. The third-order valence-corrected chi connectivity index (χ3v) is 3.20. The number of nitrogens with zero attached hydrogens (tertiary/aromatic N) is 4. The van der Waals surface area contributed by atoms with Gasteiger partial charge in [0.25, 0.3) is 0 Å². The second-order valence-corrected chi connectivity index (χ2v) is 5.71.